The minimum absolute atomic E-state index is 0.0405. The maximum absolute atomic E-state index is 12.6. The highest BCUT2D eigenvalue weighted by atomic mass is 16.5. The van der Waals surface area contributed by atoms with Gasteiger partial charge < -0.3 is 15.2 Å². The highest BCUT2D eigenvalue weighted by molar-refractivity contribution is 6.02. The maximum atomic E-state index is 12.6. The number of nitrogens with zero attached hydrogens (tertiary/aromatic N) is 2. The number of pyridine rings is 1. The third kappa shape index (κ3) is 3.72. The fourth-order valence-electron chi connectivity index (χ4n) is 2.23. The number of aromatic nitrogens is 1. The first-order chi connectivity index (χ1) is 10.8. The molecule has 126 valence electrons. The van der Waals surface area contributed by atoms with Gasteiger partial charge in [0.05, 0.1) is 6.10 Å². The Morgan fingerprint density at radius 2 is 2.13 bits per heavy atom. The van der Waals surface area contributed by atoms with Crippen LogP contribution in [0.1, 0.15) is 34.1 Å². The van der Waals surface area contributed by atoms with E-state index in [4.69, 9.17) is 15.2 Å². The Morgan fingerprint density at radius 3 is 2.74 bits per heavy atom. The van der Waals surface area contributed by atoms with Gasteiger partial charge >= 0.3 is 5.97 Å². The summed E-state index contributed by atoms with van der Waals surface area (Å²) in [4.78, 5) is 30.2. The SMILES string of the molecule is CCC(C)OC(=O)CN1C(=O)C(C(C)C)Oc2ccc(N)nc21. The molecule has 0 radical (unpaired) electrons. The Balaban J connectivity index is 2.29. The molecular weight excluding hydrogens is 298 g/mol. The lowest BCUT2D eigenvalue weighted by atomic mass is 10.0. The smallest absolute Gasteiger partial charge is 0.326 e. The van der Waals surface area contributed by atoms with Crippen molar-refractivity contribution >= 4 is 23.5 Å². The van der Waals surface area contributed by atoms with Crippen molar-refractivity contribution in [2.75, 3.05) is 17.2 Å². The number of hydrogen-bond donors (Lipinski definition) is 1. The lowest BCUT2D eigenvalue weighted by Crippen LogP contribution is -2.50. The molecule has 2 unspecified atom stereocenters. The average molecular weight is 321 g/mol. The number of anilines is 2. The minimum Gasteiger partial charge on any atom is -0.476 e. The second-order valence-electron chi connectivity index (χ2n) is 5.97. The molecule has 7 nitrogen and oxygen atoms in total. The summed E-state index contributed by atoms with van der Waals surface area (Å²) < 4.78 is 11.0. The quantitative estimate of drug-likeness (QED) is 0.830. The first-order valence-corrected chi connectivity index (χ1v) is 7.77. The van der Waals surface area contributed by atoms with Crippen molar-refractivity contribution in [3.05, 3.63) is 12.1 Å². The molecule has 2 heterocycles. The Morgan fingerprint density at radius 1 is 1.43 bits per heavy atom. The van der Waals surface area contributed by atoms with Crippen LogP contribution >= 0.6 is 0 Å². The van der Waals surface area contributed by atoms with Crippen molar-refractivity contribution in [1.82, 2.24) is 4.98 Å². The topological polar surface area (TPSA) is 94.8 Å². The molecule has 0 spiro atoms. The molecule has 1 aromatic rings. The zero-order chi connectivity index (χ0) is 17.1. The van der Waals surface area contributed by atoms with Gasteiger partial charge in [0.25, 0.3) is 5.91 Å². The van der Waals surface area contributed by atoms with E-state index in [9.17, 15) is 9.59 Å². The van der Waals surface area contributed by atoms with E-state index in [2.05, 4.69) is 4.98 Å². The lowest BCUT2D eigenvalue weighted by molar-refractivity contribution is -0.148. The van der Waals surface area contributed by atoms with Gasteiger partial charge in [0.15, 0.2) is 17.7 Å². The highest BCUT2D eigenvalue weighted by Crippen LogP contribution is 2.34. The van der Waals surface area contributed by atoms with Crippen molar-refractivity contribution in [3.63, 3.8) is 0 Å². The Bertz CT molecular complexity index is 603. The summed E-state index contributed by atoms with van der Waals surface area (Å²) in [6.07, 6.45) is -0.156. The van der Waals surface area contributed by atoms with Crippen LogP contribution in [0.4, 0.5) is 11.6 Å². The number of nitrogen functional groups attached to an aromatic ring is 1. The lowest BCUT2D eigenvalue weighted by Gasteiger charge is -2.34. The van der Waals surface area contributed by atoms with E-state index < -0.39 is 12.1 Å². The molecular formula is C16H23N3O4. The van der Waals surface area contributed by atoms with Gasteiger partial charge in [-0.3, -0.25) is 14.5 Å². The van der Waals surface area contributed by atoms with E-state index in [1.807, 2.05) is 20.8 Å². The Labute approximate surface area is 135 Å². The van der Waals surface area contributed by atoms with E-state index in [1.54, 1.807) is 19.1 Å². The van der Waals surface area contributed by atoms with Gasteiger partial charge in [-0.1, -0.05) is 20.8 Å². The van der Waals surface area contributed by atoms with E-state index in [0.29, 0.717) is 12.2 Å². The zero-order valence-corrected chi connectivity index (χ0v) is 13.9. The normalized spacial score (nSPS) is 18.4. The summed E-state index contributed by atoms with van der Waals surface area (Å²) >= 11 is 0. The van der Waals surface area contributed by atoms with Crippen LogP contribution in [0.25, 0.3) is 0 Å². The number of nitrogens with two attached hydrogens (primary N) is 1. The van der Waals surface area contributed by atoms with E-state index >= 15 is 0 Å². The molecule has 2 N–H and O–H groups in total. The van der Waals surface area contributed by atoms with E-state index in [1.165, 1.54) is 4.90 Å². The molecule has 7 heteroatoms. The molecule has 0 bridgehead atoms. The number of carbonyl (C=O) groups excluding carboxylic acids is 2. The molecule has 1 aliphatic rings. The standard InChI is InChI=1S/C16H23N3O4/c1-5-10(4)22-13(20)8-19-15-11(6-7-12(17)18-15)23-14(9(2)3)16(19)21/h6-7,9-10,14H,5,8H2,1-4H3,(H2,17,18). The van der Waals surface area contributed by atoms with Gasteiger partial charge in [0.1, 0.15) is 12.4 Å². The zero-order valence-electron chi connectivity index (χ0n) is 13.9. The van der Waals surface area contributed by atoms with Crippen LogP contribution in [0.15, 0.2) is 12.1 Å². The third-order valence-electron chi connectivity index (χ3n) is 3.68. The van der Waals surface area contributed by atoms with Gasteiger partial charge in [-0.15, -0.1) is 0 Å². The molecule has 2 rings (SSSR count). The second kappa shape index (κ2) is 6.85. The highest BCUT2D eigenvalue weighted by Gasteiger charge is 2.38. The number of fused-ring (bicyclic) bond motifs is 1. The molecule has 2 atom stereocenters. The van der Waals surface area contributed by atoms with Crippen LogP contribution in [-0.2, 0) is 14.3 Å². The van der Waals surface area contributed by atoms with Gasteiger partial charge in [-0.2, -0.15) is 0 Å². The van der Waals surface area contributed by atoms with Crippen LogP contribution in [0.3, 0.4) is 0 Å². The van der Waals surface area contributed by atoms with Crippen LogP contribution < -0.4 is 15.4 Å². The van der Waals surface area contributed by atoms with Crippen molar-refractivity contribution in [2.45, 2.75) is 46.3 Å². The largest absolute Gasteiger partial charge is 0.476 e. The molecule has 1 aliphatic heterocycles. The molecule has 0 saturated heterocycles. The Kier molecular flexibility index (Phi) is 5.08. The molecule has 0 saturated carbocycles. The average Bonchev–Trinajstić information content (AvgIpc) is 2.49. The molecule has 23 heavy (non-hydrogen) atoms. The van der Waals surface area contributed by atoms with Gasteiger partial charge in [-0.25, -0.2) is 4.98 Å². The first-order valence-electron chi connectivity index (χ1n) is 7.77. The van der Waals surface area contributed by atoms with Crippen molar-refractivity contribution in [2.24, 2.45) is 5.92 Å². The monoisotopic (exact) mass is 321 g/mol. The van der Waals surface area contributed by atoms with Crippen molar-refractivity contribution in [1.29, 1.82) is 0 Å². The summed E-state index contributed by atoms with van der Waals surface area (Å²) in [5.41, 5.74) is 5.70. The number of ether oxygens (including phenoxy) is 2. The first kappa shape index (κ1) is 17.1. The van der Waals surface area contributed by atoms with Crippen molar-refractivity contribution in [3.8, 4) is 5.75 Å². The molecule has 1 aromatic heterocycles. The summed E-state index contributed by atoms with van der Waals surface area (Å²) in [6, 6.07) is 3.26. The van der Waals surface area contributed by atoms with E-state index in [-0.39, 0.29) is 36.1 Å². The maximum Gasteiger partial charge on any atom is 0.326 e. The fourth-order valence-corrected chi connectivity index (χ4v) is 2.23. The van der Waals surface area contributed by atoms with Crippen LogP contribution in [-0.4, -0.2) is 35.6 Å². The van der Waals surface area contributed by atoms with Gasteiger partial charge in [-0.05, 0) is 31.4 Å². The number of carbonyl (C=O) groups is 2. The molecule has 1 amide bonds. The number of esters is 1. The number of rotatable bonds is 5. The van der Waals surface area contributed by atoms with Gasteiger partial charge in [0, 0.05) is 0 Å². The fraction of sp³-hybridized carbons (Fsp3) is 0.562. The Hall–Kier alpha value is -2.31. The molecule has 0 aliphatic carbocycles. The number of hydrogen-bond acceptors (Lipinski definition) is 6. The third-order valence-corrected chi connectivity index (χ3v) is 3.68. The molecule has 0 aromatic carbocycles. The summed E-state index contributed by atoms with van der Waals surface area (Å²) in [5, 5.41) is 0. The molecule has 0 fully saturated rings. The van der Waals surface area contributed by atoms with Crippen LogP contribution in [0, 0.1) is 5.92 Å². The predicted molar refractivity (Wildman–Crippen MR) is 86.1 cm³/mol. The summed E-state index contributed by atoms with van der Waals surface area (Å²) in [5.74, 6) is 0.116. The van der Waals surface area contributed by atoms with E-state index in [0.717, 1.165) is 0 Å². The van der Waals surface area contributed by atoms with Crippen LogP contribution in [0.2, 0.25) is 0 Å². The predicted octanol–water partition coefficient (Wildman–Crippen LogP) is 1.76. The van der Waals surface area contributed by atoms with Crippen LogP contribution in [0.5, 0.6) is 5.75 Å². The van der Waals surface area contributed by atoms with Gasteiger partial charge in [0.2, 0.25) is 0 Å². The number of amides is 1. The van der Waals surface area contributed by atoms with Crippen molar-refractivity contribution < 1.29 is 19.1 Å². The minimum atomic E-state index is -0.663. The second-order valence-corrected chi connectivity index (χ2v) is 5.97. The summed E-state index contributed by atoms with van der Waals surface area (Å²) in [7, 11) is 0. The summed E-state index contributed by atoms with van der Waals surface area (Å²) in [6.45, 7) is 7.28.